The van der Waals surface area contributed by atoms with E-state index in [0.29, 0.717) is 0 Å². The molecule has 0 amide bonds. The van der Waals surface area contributed by atoms with Gasteiger partial charge < -0.3 is 5.84 Å². The molecule has 0 aliphatic rings. The smallest absolute Gasteiger partial charge is 0.229 e. The third-order valence-electron chi connectivity index (χ3n) is 0.550. The maximum absolute atomic E-state index is 10.4. The summed E-state index contributed by atoms with van der Waals surface area (Å²) in [6, 6.07) is 0. The van der Waals surface area contributed by atoms with E-state index in [4.69, 9.17) is 5.84 Å². The minimum absolute atomic E-state index is 1.05. The third-order valence-corrected chi connectivity index (χ3v) is 1.11. The highest BCUT2D eigenvalue weighted by atomic mass is 32.2. The van der Waals surface area contributed by atoms with Crippen molar-refractivity contribution in [1.29, 1.82) is 0 Å². The minimum atomic E-state index is -3.14. The molecule has 0 saturated carbocycles. The maximum atomic E-state index is 10.4. The van der Waals surface area contributed by atoms with Crippen LogP contribution in [0.2, 0.25) is 0 Å². The lowest BCUT2D eigenvalue weighted by Gasteiger charge is -1.91. The SMILES string of the molecule is CS(=O)(=O)N/C=C/C=N\N. The average Bonchev–Trinajstić information content (AvgIpc) is 1.78. The van der Waals surface area contributed by atoms with Gasteiger partial charge in [-0.3, -0.25) is 4.72 Å². The van der Waals surface area contributed by atoms with Crippen LogP contribution in [0.1, 0.15) is 0 Å². The molecule has 5 nitrogen and oxygen atoms in total. The van der Waals surface area contributed by atoms with Gasteiger partial charge >= 0.3 is 0 Å². The van der Waals surface area contributed by atoms with E-state index in [0.717, 1.165) is 6.26 Å². The van der Waals surface area contributed by atoms with Crippen molar-refractivity contribution in [3.63, 3.8) is 0 Å². The van der Waals surface area contributed by atoms with Crippen molar-refractivity contribution in [1.82, 2.24) is 4.72 Å². The Morgan fingerprint density at radius 1 is 1.60 bits per heavy atom. The molecule has 0 bridgehead atoms. The van der Waals surface area contributed by atoms with Gasteiger partial charge in [-0.05, 0) is 6.08 Å². The first kappa shape index (κ1) is 8.96. The zero-order chi connectivity index (χ0) is 8.04. The van der Waals surface area contributed by atoms with Crippen molar-refractivity contribution in [3.8, 4) is 0 Å². The van der Waals surface area contributed by atoms with Crippen molar-refractivity contribution in [2.75, 3.05) is 6.26 Å². The summed E-state index contributed by atoms with van der Waals surface area (Å²) in [5.74, 6) is 4.72. The topological polar surface area (TPSA) is 84.5 Å². The van der Waals surface area contributed by atoms with Gasteiger partial charge in [0.15, 0.2) is 0 Å². The first-order chi connectivity index (χ1) is 4.56. The van der Waals surface area contributed by atoms with Gasteiger partial charge in [0.05, 0.1) is 6.26 Å². The number of hydrogen-bond donors (Lipinski definition) is 2. The molecular weight excluding hydrogens is 154 g/mol. The van der Waals surface area contributed by atoms with E-state index >= 15 is 0 Å². The van der Waals surface area contributed by atoms with Gasteiger partial charge in [0.2, 0.25) is 10.0 Å². The summed E-state index contributed by atoms with van der Waals surface area (Å²) in [6.45, 7) is 0. The molecule has 0 atom stereocenters. The van der Waals surface area contributed by atoms with Crippen LogP contribution in [0.4, 0.5) is 0 Å². The van der Waals surface area contributed by atoms with Crippen molar-refractivity contribution in [2.24, 2.45) is 10.9 Å². The van der Waals surface area contributed by atoms with Crippen LogP contribution in [0.25, 0.3) is 0 Å². The van der Waals surface area contributed by atoms with Crippen LogP contribution in [-0.2, 0) is 10.0 Å². The van der Waals surface area contributed by atoms with Crippen LogP contribution in [0.15, 0.2) is 17.4 Å². The number of sulfonamides is 1. The van der Waals surface area contributed by atoms with Crippen LogP contribution in [0.5, 0.6) is 0 Å². The van der Waals surface area contributed by atoms with Crippen molar-refractivity contribution in [2.45, 2.75) is 0 Å². The molecule has 58 valence electrons. The van der Waals surface area contributed by atoms with E-state index in [2.05, 4.69) is 9.82 Å². The molecule has 0 spiro atoms. The van der Waals surface area contributed by atoms with Gasteiger partial charge in [-0.25, -0.2) is 8.42 Å². The molecule has 0 aromatic carbocycles. The Morgan fingerprint density at radius 2 is 2.20 bits per heavy atom. The van der Waals surface area contributed by atoms with Crippen LogP contribution >= 0.6 is 0 Å². The molecule has 0 aliphatic heterocycles. The van der Waals surface area contributed by atoms with Gasteiger partial charge in [0, 0.05) is 12.4 Å². The zero-order valence-electron chi connectivity index (χ0n) is 5.48. The van der Waals surface area contributed by atoms with Gasteiger partial charge in [0.25, 0.3) is 0 Å². The highest BCUT2D eigenvalue weighted by Gasteiger charge is 1.90. The van der Waals surface area contributed by atoms with Crippen LogP contribution in [0.3, 0.4) is 0 Å². The Kier molecular flexibility index (Phi) is 3.48. The molecule has 0 heterocycles. The van der Waals surface area contributed by atoms with Crippen LogP contribution in [-0.4, -0.2) is 20.9 Å². The van der Waals surface area contributed by atoms with E-state index in [1.54, 1.807) is 0 Å². The van der Waals surface area contributed by atoms with E-state index < -0.39 is 10.0 Å². The van der Waals surface area contributed by atoms with Crippen LogP contribution in [0, 0.1) is 0 Å². The molecule has 0 saturated heterocycles. The summed E-state index contributed by atoms with van der Waals surface area (Å²) in [4.78, 5) is 0. The highest BCUT2D eigenvalue weighted by Crippen LogP contribution is 1.71. The monoisotopic (exact) mass is 163 g/mol. The van der Waals surface area contributed by atoms with E-state index in [9.17, 15) is 8.42 Å². The second kappa shape index (κ2) is 3.89. The largest absolute Gasteiger partial charge is 0.323 e. The van der Waals surface area contributed by atoms with E-state index in [1.165, 1.54) is 18.5 Å². The van der Waals surface area contributed by atoms with Crippen molar-refractivity contribution in [3.05, 3.63) is 12.3 Å². The number of hydrazone groups is 1. The molecule has 0 aliphatic carbocycles. The summed E-state index contributed by atoms with van der Waals surface area (Å²) < 4.78 is 22.8. The van der Waals surface area contributed by atoms with Crippen molar-refractivity contribution >= 4 is 16.2 Å². The summed E-state index contributed by atoms with van der Waals surface area (Å²) in [7, 11) is -3.14. The highest BCUT2D eigenvalue weighted by molar-refractivity contribution is 7.88. The van der Waals surface area contributed by atoms with Gasteiger partial charge in [-0.2, -0.15) is 5.10 Å². The maximum Gasteiger partial charge on any atom is 0.229 e. The number of nitrogens with one attached hydrogen (secondary N) is 1. The minimum Gasteiger partial charge on any atom is -0.323 e. The predicted molar refractivity (Wildman–Crippen MR) is 39.8 cm³/mol. The lowest BCUT2D eigenvalue weighted by molar-refractivity contribution is 0.596. The molecule has 3 N–H and O–H groups in total. The average molecular weight is 163 g/mol. The zero-order valence-corrected chi connectivity index (χ0v) is 6.30. The summed E-state index contributed by atoms with van der Waals surface area (Å²) in [5.41, 5.74) is 0. The summed E-state index contributed by atoms with van der Waals surface area (Å²) in [6.07, 6.45) is 4.92. The van der Waals surface area contributed by atoms with Crippen molar-refractivity contribution < 1.29 is 8.42 Å². The molecule has 0 radical (unpaired) electrons. The Labute approximate surface area is 59.7 Å². The fourth-order valence-corrected chi connectivity index (χ4v) is 0.581. The third kappa shape index (κ3) is 6.96. The molecule has 10 heavy (non-hydrogen) atoms. The normalized spacial score (nSPS) is 12.9. The number of rotatable bonds is 3. The van der Waals surface area contributed by atoms with Gasteiger partial charge in [0.1, 0.15) is 0 Å². The standard InChI is InChI=1S/C4H9N3O2S/c1-10(8,9)7-4-2-3-6-5/h2-4,7H,5H2,1H3/b4-2+,6-3-. The number of nitrogens with zero attached hydrogens (tertiary/aromatic N) is 1. The number of hydrogen-bond acceptors (Lipinski definition) is 4. The van der Waals surface area contributed by atoms with Gasteiger partial charge in [-0.1, -0.05) is 0 Å². The fourth-order valence-electron chi connectivity index (χ4n) is 0.256. The van der Waals surface area contributed by atoms with Gasteiger partial charge in [-0.15, -0.1) is 0 Å². The van der Waals surface area contributed by atoms with E-state index in [1.807, 2.05) is 0 Å². The molecule has 0 aromatic heterocycles. The predicted octanol–water partition coefficient (Wildman–Crippen LogP) is -1.01. The summed E-state index contributed by atoms with van der Waals surface area (Å²) >= 11 is 0. The molecular formula is C4H9N3O2S. The molecule has 0 fully saturated rings. The lowest BCUT2D eigenvalue weighted by Crippen LogP contribution is -2.14. The quantitative estimate of drug-likeness (QED) is 0.318. The first-order valence-corrected chi connectivity index (χ1v) is 4.31. The Balaban J connectivity index is 3.76. The Morgan fingerprint density at radius 3 is 2.60 bits per heavy atom. The van der Waals surface area contributed by atoms with E-state index in [-0.39, 0.29) is 0 Å². The number of allylic oxidation sites excluding steroid dienone is 1. The molecule has 0 rings (SSSR count). The Bertz CT molecular complexity index is 229. The summed E-state index contributed by atoms with van der Waals surface area (Å²) in [5, 5.41) is 3.11. The lowest BCUT2D eigenvalue weighted by atomic mass is 10.7. The molecule has 6 heteroatoms. The number of nitrogens with two attached hydrogens (primary N) is 1. The second-order valence-corrected chi connectivity index (χ2v) is 3.33. The van der Waals surface area contributed by atoms with Crippen LogP contribution < -0.4 is 10.6 Å². The second-order valence-electron chi connectivity index (χ2n) is 1.55. The fraction of sp³-hybridized carbons (Fsp3) is 0.250. The molecule has 0 unspecified atom stereocenters. The first-order valence-electron chi connectivity index (χ1n) is 2.42. The molecule has 0 aromatic rings. The Hall–Kier alpha value is -1.04.